The SMILES string of the molecule is CCCCCC=CCC=CCCCCCCCC(=O)OC(COC(=O)CCCCCCCCCCCCCCCCCCCCC)COC(=O)CCCCCCCCCCCCCCCCCCCCC. The van der Waals surface area contributed by atoms with Crippen molar-refractivity contribution < 1.29 is 28.6 Å². The summed E-state index contributed by atoms with van der Waals surface area (Å²) in [5.41, 5.74) is 0. The van der Waals surface area contributed by atoms with Crippen LogP contribution in [0.2, 0.25) is 0 Å². The van der Waals surface area contributed by atoms with Gasteiger partial charge in [0, 0.05) is 19.3 Å². The lowest BCUT2D eigenvalue weighted by Gasteiger charge is -2.18. The molecule has 0 aromatic carbocycles. The van der Waals surface area contributed by atoms with E-state index in [0.717, 1.165) is 77.0 Å². The van der Waals surface area contributed by atoms with Crippen molar-refractivity contribution in [2.45, 2.75) is 361 Å². The number of rotatable bonds is 59. The average molecular weight is 1000 g/mol. The van der Waals surface area contributed by atoms with Gasteiger partial charge in [0.1, 0.15) is 13.2 Å². The summed E-state index contributed by atoms with van der Waals surface area (Å²) < 4.78 is 16.9. The van der Waals surface area contributed by atoms with Crippen LogP contribution in [-0.4, -0.2) is 37.2 Å². The topological polar surface area (TPSA) is 78.9 Å². The Morgan fingerprint density at radius 2 is 0.507 bits per heavy atom. The molecular weight excluding hydrogens is 877 g/mol. The van der Waals surface area contributed by atoms with Gasteiger partial charge in [-0.3, -0.25) is 14.4 Å². The van der Waals surface area contributed by atoms with Crippen molar-refractivity contribution in [1.29, 1.82) is 0 Å². The molecule has 418 valence electrons. The van der Waals surface area contributed by atoms with Gasteiger partial charge in [-0.2, -0.15) is 0 Å². The molecule has 6 heteroatoms. The molecule has 0 bridgehead atoms. The van der Waals surface area contributed by atoms with Crippen LogP contribution in [0.3, 0.4) is 0 Å². The second-order valence-electron chi connectivity index (χ2n) is 21.7. The molecular formula is C65H122O6. The summed E-state index contributed by atoms with van der Waals surface area (Å²) in [6, 6.07) is 0. The van der Waals surface area contributed by atoms with Gasteiger partial charge in [-0.15, -0.1) is 0 Å². The number of ether oxygens (including phenoxy) is 3. The molecule has 0 aromatic heterocycles. The third kappa shape index (κ3) is 58.7. The summed E-state index contributed by atoms with van der Waals surface area (Å²) in [5.74, 6) is -0.857. The van der Waals surface area contributed by atoms with Crippen molar-refractivity contribution in [1.82, 2.24) is 0 Å². The molecule has 0 atom stereocenters. The van der Waals surface area contributed by atoms with Crippen LogP contribution in [0, 0.1) is 0 Å². The van der Waals surface area contributed by atoms with Crippen LogP contribution >= 0.6 is 0 Å². The maximum absolute atomic E-state index is 12.9. The predicted molar refractivity (Wildman–Crippen MR) is 307 cm³/mol. The molecule has 0 saturated heterocycles. The smallest absolute Gasteiger partial charge is 0.306 e. The van der Waals surface area contributed by atoms with Gasteiger partial charge in [-0.25, -0.2) is 0 Å². The summed E-state index contributed by atoms with van der Waals surface area (Å²) in [6.07, 6.45) is 71.8. The monoisotopic (exact) mass is 999 g/mol. The maximum atomic E-state index is 12.9. The van der Waals surface area contributed by atoms with E-state index in [0.29, 0.717) is 19.3 Å². The van der Waals surface area contributed by atoms with Crippen LogP contribution in [0.15, 0.2) is 24.3 Å². The standard InChI is InChI=1S/C65H122O6/c1-4-7-10-13-16-19-22-25-28-30-32-34-37-39-42-45-48-51-54-57-63(66)69-60-62(71-65(68)59-56-53-50-47-44-41-36-27-24-21-18-15-12-9-6-3)61-70-64(67)58-55-52-49-46-43-40-38-35-33-31-29-26-23-20-17-14-11-8-5-2/h18,21,27,36,62H,4-17,19-20,22-26,28-35,37-61H2,1-3H3. The minimum atomic E-state index is -0.774. The largest absolute Gasteiger partial charge is 0.462 e. The van der Waals surface area contributed by atoms with E-state index < -0.39 is 6.10 Å². The lowest BCUT2D eigenvalue weighted by molar-refractivity contribution is -0.167. The van der Waals surface area contributed by atoms with Crippen LogP contribution in [0.1, 0.15) is 355 Å². The molecule has 0 aromatic rings. The minimum Gasteiger partial charge on any atom is -0.462 e. The van der Waals surface area contributed by atoms with E-state index in [1.54, 1.807) is 0 Å². The van der Waals surface area contributed by atoms with E-state index in [9.17, 15) is 14.4 Å². The fourth-order valence-corrected chi connectivity index (χ4v) is 9.65. The van der Waals surface area contributed by atoms with Crippen molar-refractivity contribution in [3.63, 3.8) is 0 Å². The number of unbranched alkanes of at least 4 members (excludes halogenated alkanes) is 44. The van der Waals surface area contributed by atoms with Gasteiger partial charge in [0.15, 0.2) is 6.10 Å². The first-order valence-electron chi connectivity index (χ1n) is 31.8. The molecule has 0 aliphatic carbocycles. The number of carbonyl (C=O) groups is 3. The molecule has 0 aliphatic rings. The van der Waals surface area contributed by atoms with Crippen molar-refractivity contribution >= 4 is 17.9 Å². The summed E-state index contributed by atoms with van der Waals surface area (Å²) in [5, 5.41) is 0. The van der Waals surface area contributed by atoms with Crippen molar-refractivity contribution in [3.05, 3.63) is 24.3 Å². The van der Waals surface area contributed by atoms with Gasteiger partial charge >= 0.3 is 17.9 Å². The lowest BCUT2D eigenvalue weighted by atomic mass is 10.0. The van der Waals surface area contributed by atoms with Gasteiger partial charge in [-0.05, 0) is 51.4 Å². The van der Waals surface area contributed by atoms with Gasteiger partial charge < -0.3 is 14.2 Å². The fourth-order valence-electron chi connectivity index (χ4n) is 9.65. The molecule has 0 radical (unpaired) electrons. The minimum absolute atomic E-state index is 0.0710. The lowest BCUT2D eigenvalue weighted by Crippen LogP contribution is -2.30. The Kier molecular flexibility index (Phi) is 58.6. The van der Waals surface area contributed by atoms with E-state index in [2.05, 4.69) is 45.1 Å². The molecule has 6 nitrogen and oxygen atoms in total. The number of hydrogen-bond acceptors (Lipinski definition) is 6. The molecule has 0 unspecified atom stereocenters. The zero-order chi connectivity index (χ0) is 51.4. The fraction of sp³-hybridized carbons (Fsp3) is 0.892. The molecule has 0 spiro atoms. The first kappa shape index (κ1) is 68.9. The summed E-state index contributed by atoms with van der Waals surface area (Å²) in [6.45, 7) is 6.67. The van der Waals surface area contributed by atoms with E-state index >= 15 is 0 Å². The quantitative estimate of drug-likeness (QED) is 0.0261. The number of hydrogen-bond donors (Lipinski definition) is 0. The molecule has 71 heavy (non-hydrogen) atoms. The third-order valence-corrected chi connectivity index (χ3v) is 14.5. The Balaban J connectivity index is 4.30. The third-order valence-electron chi connectivity index (χ3n) is 14.5. The Bertz CT molecular complexity index is 1090. The Morgan fingerprint density at radius 3 is 0.803 bits per heavy atom. The summed E-state index contributed by atoms with van der Waals surface area (Å²) in [4.78, 5) is 38.3. The zero-order valence-electron chi connectivity index (χ0n) is 48.0. The van der Waals surface area contributed by atoms with Crippen molar-refractivity contribution in [3.8, 4) is 0 Å². The Labute approximate surface area is 443 Å². The molecule has 0 saturated carbocycles. The molecule has 0 aliphatic heterocycles. The highest BCUT2D eigenvalue weighted by Crippen LogP contribution is 2.18. The highest BCUT2D eigenvalue weighted by atomic mass is 16.6. The highest BCUT2D eigenvalue weighted by Gasteiger charge is 2.19. The van der Waals surface area contributed by atoms with Crippen molar-refractivity contribution in [2.75, 3.05) is 13.2 Å². The second kappa shape index (κ2) is 60.4. The molecule has 0 amide bonds. The summed E-state index contributed by atoms with van der Waals surface area (Å²) in [7, 11) is 0. The van der Waals surface area contributed by atoms with Gasteiger partial charge in [0.25, 0.3) is 0 Å². The second-order valence-corrected chi connectivity index (χ2v) is 21.7. The number of esters is 3. The van der Waals surface area contributed by atoms with Crippen LogP contribution in [0.25, 0.3) is 0 Å². The van der Waals surface area contributed by atoms with E-state index in [-0.39, 0.29) is 31.1 Å². The van der Waals surface area contributed by atoms with Crippen LogP contribution in [-0.2, 0) is 28.6 Å². The molecule has 0 rings (SSSR count). The van der Waals surface area contributed by atoms with Crippen LogP contribution in [0.5, 0.6) is 0 Å². The molecule has 0 fully saturated rings. The zero-order valence-corrected chi connectivity index (χ0v) is 48.0. The highest BCUT2D eigenvalue weighted by molar-refractivity contribution is 5.71. The van der Waals surface area contributed by atoms with Crippen LogP contribution in [0.4, 0.5) is 0 Å². The van der Waals surface area contributed by atoms with Crippen LogP contribution < -0.4 is 0 Å². The van der Waals surface area contributed by atoms with Crippen molar-refractivity contribution in [2.24, 2.45) is 0 Å². The van der Waals surface area contributed by atoms with E-state index in [4.69, 9.17) is 14.2 Å². The maximum Gasteiger partial charge on any atom is 0.306 e. The van der Waals surface area contributed by atoms with Gasteiger partial charge in [-0.1, -0.05) is 308 Å². The van der Waals surface area contributed by atoms with Gasteiger partial charge in [0.2, 0.25) is 0 Å². The predicted octanol–water partition coefficient (Wildman–Crippen LogP) is 21.4. The Hall–Kier alpha value is -2.11. The average Bonchev–Trinajstić information content (AvgIpc) is 3.37. The summed E-state index contributed by atoms with van der Waals surface area (Å²) >= 11 is 0. The number of allylic oxidation sites excluding steroid dienone is 4. The molecule has 0 N–H and O–H groups in total. The number of carbonyl (C=O) groups excluding carboxylic acids is 3. The first-order valence-corrected chi connectivity index (χ1v) is 31.8. The van der Waals surface area contributed by atoms with Gasteiger partial charge in [0.05, 0.1) is 0 Å². The molecule has 0 heterocycles. The van der Waals surface area contributed by atoms with E-state index in [1.807, 2.05) is 0 Å². The van der Waals surface area contributed by atoms with E-state index in [1.165, 1.54) is 238 Å². The first-order chi connectivity index (χ1) is 35.0. The Morgan fingerprint density at radius 1 is 0.282 bits per heavy atom. The normalized spacial score (nSPS) is 11.7.